The Kier molecular flexibility index (Phi) is 7.66. The van der Waals surface area contributed by atoms with Crippen LogP contribution in [0, 0.1) is 6.92 Å². The number of rotatable bonds is 5. The topological polar surface area (TPSA) is 109 Å². The van der Waals surface area contributed by atoms with E-state index in [0.29, 0.717) is 17.5 Å². The number of hydrogen-bond acceptors (Lipinski definition) is 8. The van der Waals surface area contributed by atoms with Gasteiger partial charge < -0.3 is 20.0 Å². The van der Waals surface area contributed by atoms with Gasteiger partial charge >= 0.3 is 0 Å². The lowest BCUT2D eigenvalue weighted by atomic mass is 10.1. The highest BCUT2D eigenvalue weighted by Gasteiger charge is 2.19. The van der Waals surface area contributed by atoms with Crippen molar-refractivity contribution in [1.29, 1.82) is 0 Å². The number of amides is 1. The van der Waals surface area contributed by atoms with Crippen LogP contribution in [0.15, 0.2) is 34.9 Å². The fourth-order valence-electron chi connectivity index (χ4n) is 3.15. The first-order valence-electron chi connectivity index (χ1n) is 10.4. The van der Waals surface area contributed by atoms with Gasteiger partial charge in [-0.25, -0.2) is 4.98 Å². The van der Waals surface area contributed by atoms with Crippen molar-refractivity contribution >= 4 is 11.7 Å². The Hall–Kier alpha value is -3.33. The summed E-state index contributed by atoms with van der Waals surface area (Å²) in [5, 5.41) is 13.9. The van der Waals surface area contributed by atoms with Crippen LogP contribution in [0.1, 0.15) is 35.3 Å². The Labute approximate surface area is 186 Å². The molecule has 2 aromatic heterocycles. The lowest BCUT2D eigenvalue weighted by Gasteiger charge is -2.16. The number of nitrogens with one attached hydrogen (secondary N) is 2. The second kappa shape index (κ2) is 10.6. The van der Waals surface area contributed by atoms with Crippen LogP contribution in [0.2, 0.25) is 0 Å². The number of aromatic nitrogens is 4. The largest absolute Gasteiger partial charge is 0.415 e. The lowest BCUT2D eigenvalue weighted by Crippen LogP contribution is -2.19. The third-order valence-corrected chi connectivity index (χ3v) is 4.93. The minimum absolute atomic E-state index is 0. The van der Waals surface area contributed by atoms with Crippen LogP contribution in [0.5, 0.6) is 0 Å². The first kappa shape index (κ1) is 22.4. The quantitative estimate of drug-likeness (QED) is 0.636. The molecule has 1 aromatic carbocycles. The highest BCUT2D eigenvalue weighted by molar-refractivity contribution is 5.72. The molecule has 0 radical (unpaired) electrons. The van der Waals surface area contributed by atoms with Gasteiger partial charge in [-0.2, -0.15) is 0 Å². The Morgan fingerprint density at radius 3 is 2.39 bits per heavy atom. The van der Waals surface area contributed by atoms with Gasteiger partial charge in [-0.05, 0) is 44.5 Å². The average Bonchev–Trinajstić information content (AvgIpc) is 3.48. The van der Waals surface area contributed by atoms with Crippen LogP contribution < -0.4 is 15.5 Å². The highest BCUT2D eigenvalue weighted by Crippen LogP contribution is 2.27. The summed E-state index contributed by atoms with van der Waals surface area (Å²) in [7, 11) is 3.53. The van der Waals surface area contributed by atoms with Crippen molar-refractivity contribution in [2.24, 2.45) is 0 Å². The van der Waals surface area contributed by atoms with E-state index in [1.54, 1.807) is 7.05 Å². The molecule has 2 N–H and O–H groups in total. The van der Waals surface area contributed by atoms with E-state index >= 15 is 0 Å². The van der Waals surface area contributed by atoms with E-state index < -0.39 is 0 Å². The van der Waals surface area contributed by atoms with Crippen molar-refractivity contribution in [2.75, 3.05) is 32.1 Å². The summed E-state index contributed by atoms with van der Waals surface area (Å²) < 4.78 is 5.90. The molecule has 31 heavy (non-hydrogen) atoms. The minimum Gasteiger partial charge on any atom is -0.415 e. The third kappa shape index (κ3) is 5.85. The lowest BCUT2D eigenvalue weighted by molar-refractivity contribution is -0.118. The van der Waals surface area contributed by atoms with Gasteiger partial charge in [-0.15, -0.1) is 10.2 Å². The van der Waals surface area contributed by atoms with E-state index in [1.807, 2.05) is 32.3 Å². The van der Waals surface area contributed by atoms with Gasteiger partial charge in [0.1, 0.15) is 5.82 Å². The predicted octanol–water partition coefficient (Wildman–Crippen LogP) is 3.31. The van der Waals surface area contributed by atoms with Crippen molar-refractivity contribution in [2.45, 2.75) is 33.2 Å². The number of anilines is 1. The second-order valence-corrected chi connectivity index (χ2v) is 7.30. The summed E-state index contributed by atoms with van der Waals surface area (Å²) in [6.07, 6.45) is 4.21. The maximum absolute atomic E-state index is 9.70. The van der Waals surface area contributed by atoms with Gasteiger partial charge in [0.2, 0.25) is 11.8 Å². The van der Waals surface area contributed by atoms with E-state index in [-0.39, 0.29) is 10.2 Å². The van der Waals surface area contributed by atoms with Crippen LogP contribution in [0.25, 0.3) is 23.0 Å². The first-order chi connectivity index (χ1) is 15.0. The van der Waals surface area contributed by atoms with Crippen LogP contribution in [0.3, 0.4) is 0 Å². The van der Waals surface area contributed by atoms with Gasteiger partial charge in [-0.3, -0.25) is 9.78 Å². The number of hydrogen-bond donors (Lipinski definition) is 2. The number of carbonyl (C=O) groups excluding carboxylic acids is 1. The molecule has 1 aliphatic rings. The smallest absolute Gasteiger partial charge is 0.268 e. The summed E-state index contributed by atoms with van der Waals surface area (Å²) >= 11 is 0. The summed E-state index contributed by atoms with van der Waals surface area (Å²) in [6.45, 7) is 6.25. The summed E-state index contributed by atoms with van der Waals surface area (Å²) in [5.74, 6) is 1.78. The van der Waals surface area contributed by atoms with Crippen LogP contribution >= 0.6 is 0 Å². The van der Waals surface area contributed by atoms with Crippen LogP contribution in [-0.4, -0.2) is 53.3 Å². The zero-order valence-electron chi connectivity index (χ0n) is 18.5. The number of benzene rings is 1. The molecule has 1 aliphatic heterocycles. The molecule has 0 bridgehead atoms. The van der Waals surface area contributed by atoms with Crippen molar-refractivity contribution in [3.8, 4) is 23.0 Å². The number of carbonyl (C=O) groups is 1. The summed E-state index contributed by atoms with van der Waals surface area (Å²) in [5.41, 5.74) is 3.54. The Bertz CT molecular complexity index is 1010. The monoisotopic (exact) mass is 429 g/mol. The van der Waals surface area contributed by atoms with Crippen molar-refractivity contribution in [1.82, 2.24) is 30.8 Å². The molecule has 170 valence electrons. The van der Waals surface area contributed by atoms with Crippen molar-refractivity contribution in [3.05, 3.63) is 41.7 Å². The van der Waals surface area contributed by atoms with Gasteiger partial charge in [0, 0.05) is 43.4 Å². The number of aryl methyl sites for hydroxylation is 1. The molecule has 1 saturated heterocycles. The molecule has 3 aromatic rings. The Balaban J connectivity index is 0.00000124. The van der Waals surface area contributed by atoms with Gasteiger partial charge in [0.05, 0.1) is 11.9 Å². The average molecular weight is 430 g/mol. The summed E-state index contributed by atoms with van der Waals surface area (Å²) in [6, 6.07) is 8.08. The molecular weight excluding hydrogens is 394 g/mol. The van der Waals surface area contributed by atoms with E-state index in [1.165, 1.54) is 25.3 Å². The SMILES string of the molecule is CNC(C)=O.CNCc1ccc(-c2nnc(-c3nc(N4CCCC4)cnc3C)o2)cc1.[HH].[HH].[HH]. The molecule has 0 aliphatic carbocycles. The molecule has 4 rings (SSSR count). The second-order valence-electron chi connectivity index (χ2n) is 7.30. The van der Waals surface area contributed by atoms with Crippen molar-refractivity contribution in [3.63, 3.8) is 0 Å². The van der Waals surface area contributed by atoms with Gasteiger partial charge in [0.15, 0.2) is 5.69 Å². The standard InChI is InChI=1S/C19H22N6O.C3H7NO.3H2/c1-13-17(22-16(12-21-13)25-9-3-4-10-25)19-24-23-18(26-19)15-7-5-14(6-8-15)11-20-2;1-3(5)4-2;;;/h5-8,12,20H,3-4,9-11H2,1-2H3;1-2H3,(H,4,5);3*1H. The number of nitrogens with zero attached hydrogens (tertiary/aromatic N) is 5. The maximum Gasteiger partial charge on any atom is 0.268 e. The molecule has 9 heteroatoms. The predicted molar refractivity (Wildman–Crippen MR) is 126 cm³/mol. The maximum atomic E-state index is 9.70. The Morgan fingerprint density at radius 1 is 1.13 bits per heavy atom. The zero-order valence-corrected chi connectivity index (χ0v) is 18.5. The fraction of sp³-hybridized carbons (Fsp3) is 0.409. The van der Waals surface area contributed by atoms with Crippen LogP contribution in [0.4, 0.5) is 5.82 Å². The summed E-state index contributed by atoms with van der Waals surface area (Å²) in [4.78, 5) is 21.1. The van der Waals surface area contributed by atoms with Gasteiger partial charge in [0.25, 0.3) is 5.89 Å². The zero-order chi connectivity index (χ0) is 22.2. The van der Waals surface area contributed by atoms with Gasteiger partial charge in [-0.1, -0.05) is 12.1 Å². The minimum atomic E-state index is 0. The van der Waals surface area contributed by atoms with E-state index in [9.17, 15) is 4.79 Å². The molecule has 9 nitrogen and oxygen atoms in total. The molecule has 0 atom stereocenters. The van der Waals surface area contributed by atoms with E-state index in [4.69, 9.17) is 9.40 Å². The molecular formula is C22H35N7O2. The third-order valence-electron chi connectivity index (χ3n) is 4.93. The molecule has 0 saturated carbocycles. The molecule has 0 unspecified atom stereocenters. The van der Waals surface area contributed by atoms with Crippen LogP contribution in [-0.2, 0) is 11.3 Å². The van der Waals surface area contributed by atoms with E-state index in [2.05, 4.69) is 42.8 Å². The fourth-order valence-corrected chi connectivity index (χ4v) is 3.15. The first-order valence-corrected chi connectivity index (χ1v) is 10.4. The Morgan fingerprint density at radius 2 is 1.77 bits per heavy atom. The van der Waals surface area contributed by atoms with Crippen molar-refractivity contribution < 1.29 is 13.5 Å². The molecule has 0 spiro atoms. The van der Waals surface area contributed by atoms with E-state index in [0.717, 1.165) is 36.7 Å². The molecule has 3 heterocycles. The normalized spacial score (nSPS) is 13.0. The molecule has 1 fully saturated rings. The highest BCUT2D eigenvalue weighted by atomic mass is 16.4. The molecule has 1 amide bonds.